The normalized spacial score (nSPS) is 16.7. The van der Waals surface area contributed by atoms with E-state index in [9.17, 15) is 4.79 Å². The molecule has 1 amide bonds. The van der Waals surface area contributed by atoms with E-state index < -0.39 is 0 Å². The van der Waals surface area contributed by atoms with Crippen LogP contribution in [0.1, 0.15) is 39.2 Å². The van der Waals surface area contributed by atoms with Crippen molar-refractivity contribution in [3.8, 4) is 5.69 Å². The van der Waals surface area contributed by atoms with Gasteiger partial charge in [-0.3, -0.25) is 14.3 Å². The Morgan fingerprint density at radius 2 is 2.07 bits per heavy atom. The quantitative estimate of drug-likeness (QED) is 0.612. The molecule has 1 aliphatic heterocycles. The van der Waals surface area contributed by atoms with Gasteiger partial charge in [-0.25, -0.2) is 0 Å². The van der Waals surface area contributed by atoms with Gasteiger partial charge in [0, 0.05) is 17.6 Å². The van der Waals surface area contributed by atoms with Crippen LogP contribution in [0.5, 0.6) is 0 Å². The van der Waals surface area contributed by atoms with Gasteiger partial charge in [0.25, 0.3) is 0 Å². The van der Waals surface area contributed by atoms with Crippen LogP contribution >= 0.6 is 23.4 Å². The molecule has 0 bridgehead atoms. The summed E-state index contributed by atoms with van der Waals surface area (Å²) in [5, 5.41) is 12.7. The molecular formula is C22H32ClN5OS. The van der Waals surface area contributed by atoms with E-state index in [4.69, 9.17) is 11.6 Å². The standard InChI is InChI=1S/C22H32ClN5OS/c1-15(2)20(27-9-7-16(3)8-10-27)12-24-21(29)13-30-22-26-25-14-28(22)18-6-5-17(4)19(23)11-18/h5-6,11,14-16,20H,7-10,12-13H2,1-4H3,(H,24,29). The largest absolute Gasteiger partial charge is 0.354 e. The fraction of sp³-hybridized carbons (Fsp3) is 0.591. The Bertz CT molecular complexity index is 848. The number of rotatable bonds is 8. The number of piperidine rings is 1. The summed E-state index contributed by atoms with van der Waals surface area (Å²) in [4.78, 5) is 15.1. The Labute approximate surface area is 188 Å². The third-order valence-corrected chi connectivity index (χ3v) is 7.20. The van der Waals surface area contributed by atoms with E-state index in [1.54, 1.807) is 6.33 Å². The van der Waals surface area contributed by atoms with Crippen molar-refractivity contribution in [2.24, 2.45) is 11.8 Å². The number of nitrogens with zero attached hydrogens (tertiary/aromatic N) is 4. The smallest absolute Gasteiger partial charge is 0.230 e. The number of hydrogen-bond acceptors (Lipinski definition) is 5. The fourth-order valence-corrected chi connectivity index (χ4v) is 4.71. The van der Waals surface area contributed by atoms with Crippen LogP contribution in [0.4, 0.5) is 0 Å². The molecule has 2 heterocycles. The van der Waals surface area contributed by atoms with Gasteiger partial charge < -0.3 is 5.32 Å². The van der Waals surface area contributed by atoms with Crippen molar-refractivity contribution in [3.63, 3.8) is 0 Å². The number of amides is 1. The molecule has 6 nitrogen and oxygen atoms in total. The molecule has 0 saturated carbocycles. The van der Waals surface area contributed by atoms with Crippen LogP contribution in [0.3, 0.4) is 0 Å². The summed E-state index contributed by atoms with van der Waals surface area (Å²) in [5.74, 6) is 1.63. The van der Waals surface area contributed by atoms with E-state index in [0.717, 1.165) is 30.3 Å². The first-order valence-corrected chi connectivity index (χ1v) is 12.0. The van der Waals surface area contributed by atoms with Gasteiger partial charge in [0.05, 0.1) is 11.4 Å². The number of benzene rings is 1. The number of hydrogen-bond donors (Lipinski definition) is 1. The highest BCUT2D eigenvalue weighted by molar-refractivity contribution is 7.99. The summed E-state index contributed by atoms with van der Waals surface area (Å²) in [7, 11) is 0. The molecule has 164 valence electrons. The lowest BCUT2D eigenvalue weighted by molar-refractivity contribution is -0.118. The lowest BCUT2D eigenvalue weighted by atomic mass is 9.94. The van der Waals surface area contributed by atoms with Gasteiger partial charge in [-0.2, -0.15) is 0 Å². The van der Waals surface area contributed by atoms with Crippen LogP contribution in [-0.4, -0.2) is 57.0 Å². The Hall–Kier alpha value is -1.57. The summed E-state index contributed by atoms with van der Waals surface area (Å²) in [6, 6.07) is 6.20. The van der Waals surface area contributed by atoms with Crippen LogP contribution in [0.2, 0.25) is 5.02 Å². The predicted molar refractivity (Wildman–Crippen MR) is 123 cm³/mol. The Morgan fingerprint density at radius 1 is 1.33 bits per heavy atom. The minimum absolute atomic E-state index is 0.0208. The van der Waals surface area contributed by atoms with Crippen molar-refractivity contribution in [1.29, 1.82) is 0 Å². The molecule has 1 fully saturated rings. The minimum Gasteiger partial charge on any atom is -0.354 e. The zero-order chi connectivity index (χ0) is 21.7. The number of halogens is 1. The van der Waals surface area contributed by atoms with Crippen LogP contribution in [0.15, 0.2) is 29.7 Å². The molecule has 0 radical (unpaired) electrons. The van der Waals surface area contributed by atoms with Gasteiger partial charge in [0.1, 0.15) is 6.33 Å². The molecule has 0 aliphatic carbocycles. The van der Waals surface area contributed by atoms with E-state index in [1.165, 1.54) is 24.6 Å². The second kappa shape index (κ2) is 10.6. The molecule has 1 atom stereocenters. The molecule has 8 heteroatoms. The molecule has 1 N–H and O–H groups in total. The maximum Gasteiger partial charge on any atom is 0.230 e. The SMILES string of the molecule is Cc1ccc(-n2cnnc2SCC(=O)NCC(C(C)C)N2CCC(C)CC2)cc1Cl. The van der Waals surface area contributed by atoms with Crippen molar-refractivity contribution >= 4 is 29.3 Å². The van der Waals surface area contributed by atoms with Gasteiger partial charge in [0.15, 0.2) is 5.16 Å². The number of aromatic nitrogens is 3. The zero-order valence-corrected chi connectivity index (χ0v) is 19.8. The molecule has 1 aliphatic rings. The molecule has 1 unspecified atom stereocenters. The maximum absolute atomic E-state index is 12.5. The van der Waals surface area contributed by atoms with Gasteiger partial charge in [-0.05, 0) is 62.4 Å². The third-order valence-electron chi connectivity index (χ3n) is 5.85. The van der Waals surface area contributed by atoms with E-state index in [-0.39, 0.29) is 5.91 Å². The van der Waals surface area contributed by atoms with Crippen LogP contribution in [-0.2, 0) is 4.79 Å². The third kappa shape index (κ3) is 5.99. The summed E-state index contributed by atoms with van der Waals surface area (Å²) < 4.78 is 1.86. The van der Waals surface area contributed by atoms with E-state index in [2.05, 4.69) is 41.2 Å². The average Bonchev–Trinajstić information content (AvgIpc) is 3.18. The van der Waals surface area contributed by atoms with Gasteiger partial charge in [-0.1, -0.05) is 50.2 Å². The molecule has 1 saturated heterocycles. The van der Waals surface area contributed by atoms with E-state index >= 15 is 0 Å². The first-order chi connectivity index (χ1) is 14.3. The second-order valence-electron chi connectivity index (χ2n) is 8.54. The fourth-order valence-electron chi connectivity index (χ4n) is 3.78. The molecule has 0 spiro atoms. The molecule has 30 heavy (non-hydrogen) atoms. The topological polar surface area (TPSA) is 63.1 Å². The Kier molecular flexibility index (Phi) is 8.20. The highest BCUT2D eigenvalue weighted by atomic mass is 35.5. The molecular weight excluding hydrogens is 418 g/mol. The van der Waals surface area contributed by atoms with Crippen molar-refractivity contribution in [3.05, 3.63) is 35.1 Å². The van der Waals surface area contributed by atoms with Crippen molar-refractivity contribution in [1.82, 2.24) is 25.0 Å². The summed E-state index contributed by atoms with van der Waals surface area (Å²) in [6.07, 6.45) is 4.13. The summed E-state index contributed by atoms with van der Waals surface area (Å²) >= 11 is 7.63. The van der Waals surface area contributed by atoms with Gasteiger partial charge in [-0.15, -0.1) is 10.2 Å². The Morgan fingerprint density at radius 3 is 2.73 bits per heavy atom. The number of carbonyl (C=O) groups is 1. The maximum atomic E-state index is 12.5. The molecule has 3 rings (SSSR count). The monoisotopic (exact) mass is 449 g/mol. The number of nitrogens with one attached hydrogen (secondary N) is 1. The van der Waals surface area contributed by atoms with Gasteiger partial charge >= 0.3 is 0 Å². The summed E-state index contributed by atoms with van der Waals surface area (Å²) in [6.45, 7) is 11.7. The first kappa shape index (κ1) is 23.1. The van der Waals surface area contributed by atoms with Crippen LogP contribution in [0.25, 0.3) is 5.69 Å². The highest BCUT2D eigenvalue weighted by Crippen LogP contribution is 2.24. The minimum atomic E-state index is 0.0208. The number of likely N-dealkylation sites (tertiary alicyclic amines) is 1. The lowest BCUT2D eigenvalue weighted by Gasteiger charge is -2.38. The van der Waals surface area contributed by atoms with Gasteiger partial charge in [0.2, 0.25) is 5.91 Å². The average molecular weight is 450 g/mol. The zero-order valence-electron chi connectivity index (χ0n) is 18.3. The molecule has 2 aromatic rings. The number of thioether (sulfide) groups is 1. The van der Waals surface area contributed by atoms with Crippen molar-refractivity contribution in [2.75, 3.05) is 25.4 Å². The van der Waals surface area contributed by atoms with E-state index in [1.807, 2.05) is 29.7 Å². The second-order valence-corrected chi connectivity index (χ2v) is 9.89. The number of aryl methyl sites for hydroxylation is 1. The van der Waals surface area contributed by atoms with Crippen molar-refractivity contribution < 1.29 is 4.79 Å². The van der Waals surface area contributed by atoms with Crippen molar-refractivity contribution in [2.45, 2.75) is 51.7 Å². The van der Waals surface area contributed by atoms with Crippen LogP contribution in [0, 0.1) is 18.8 Å². The number of carbonyl (C=O) groups excluding carboxylic acids is 1. The van der Waals surface area contributed by atoms with Crippen LogP contribution < -0.4 is 5.32 Å². The molecule has 1 aromatic heterocycles. The highest BCUT2D eigenvalue weighted by Gasteiger charge is 2.26. The Balaban J connectivity index is 1.53. The van der Waals surface area contributed by atoms with E-state index in [0.29, 0.717) is 34.4 Å². The lowest BCUT2D eigenvalue weighted by Crippen LogP contribution is -2.49. The molecule has 1 aromatic carbocycles. The first-order valence-electron chi connectivity index (χ1n) is 10.6. The predicted octanol–water partition coefficient (Wildman–Crippen LogP) is 4.19. The summed E-state index contributed by atoms with van der Waals surface area (Å²) in [5.41, 5.74) is 1.91.